The summed E-state index contributed by atoms with van der Waals surface area (Å²) in [5.41, 5.74) is 3.34. The van der Waals surface area contributed by atoms with Gasteiger partial charge in [0.25, 0.3) is 5.91 Å². The molecular weight excluding hydrogens is 416 g/mol. The maximum absolute atomic E-state index is 13.1. The number of hydrogen-bond donors (Lipinski definition) is 2. The number of likely N-dealkylation sites (N-methyl/N-ethyl adjacent to an activating group) is 1. The Morgan fingerprint density at radius 2 is 1.76 bits per heavy atom. The van der Waals surface area contributed by atoms with Crippen molar-refractivity contribution in [3.8, 4) is 5.75 Å². The van der Waals surface area contributed by atoms with Gasteiger partial charge >= 0.3 is 0 Å². The van der Waals surface area contributed by atoms with Gasteiger partial charge in [-0.3, -0.25) is 9.59 Å². The van der Waals surface area contributed by atoms with E-state index in [1.807, 2.05) is 39.8 Å². The highest BCUT2D eigenvalue weighted by Crippen LogP contribution is 2.24. The second-order valence-corrected chi connectivity index (χ2v) is 8.90. The molecule has 0 aliphatic carbocycles. The Bertz CT molecular complexity index is 968. The number of ether oxygens (including phenoxy) is 1. The minimum atomic E-state index is -0.677. The first-order chi connectivity index (χ1) is 15.8. The lowest BCUT2D eigenvalue weighted by Crippen LogP contribution is -2.47. The average Bonchev–Trinajstić information content (AvgIpc) is 2.79. The number of carbonyl (C=O) groups excluding carboxylic acids is 2. The number of anilines is 2. The smallest absolute Gasteiger partial charge is 0.255 e. The van der Waals surface area contributed by atoms with Gasteiger partial charge in [0.15, 0.2) is 0 Å². The number of rotatable bonds is 8. The predicted molar refractivity (Wildman–Crippen MR) is 133 cm³/mol. The van der Waals surface area contributed by atoms with Gasteiger partial charge in [-0.25, -0.2) is 0 Å². The molecule has 0 spiro atoms. The maximum Gasteiger partial charge on any atom is 0.255 e. The topological polar surface area (TPSA) is 73.9 Å². The van der Waals surface area contributed by atoms with E-state index in [0.717, 1.165) is 37.4 Å². The molecule has 3 rings (SSSR count). The number of nitrogens with one attached hydrogen (secondary N) is 2. The second kappa shape index (κ2) is 11.2. The largest absolute Gasteiger partial charge is 0.493 e. The van der Waals surface area contributed by atoms with Crippen LogP contribution in [0.15, 0.2) is 42.5 Å². The van der Waals surface area contributed by atoms with Crippen LogP contribution in [-0.2, 0) is 4.79 Å². The minimum absolute atomic E-state index is 0.0851. The number of nitrogens with zero attached hydrogens (tertiary/aromatic N) is 2. The Hall–Kier alpha value is -3.06. The molecule has 0 radical (unpaired) electrons. The van der Waals surface area contributed by atoms with Crippen molar-refractivity contribution in [2.24, 2.45) is 5.92 Å². The van der Waals surface area contributed by atoms with Crippen LogP contribution in [-0.4, -0.2) is 62.6 Å². The van der Waals surface area contributed by atoms with Gasteiger partial charge < -0.3 is 25.2 Å². The molecule has 1 aliphatic heterocycles. The van der Waals surface area contributed by atoms with Crippen LogP contribution in [0.1, 0.15) is 36.7 Å². The first kappa shape index (κ1) is 24.6. The molecule has 0 unspecified atom stereocenters. The van der Waals surface area contributed by atoms with Gasteiger partial charge in [-0.2, -0.15) is 0 Å². The second-order valence-electron chi connectivity index (χ2n) is 8.90. The van der Waals surface area contributed by atoms with Gasteiger partial charge in [0, 0.05) is 37.6 Å². The van der Waals surface area contributed by atoms with E-state index in [1.165, 1.54) is 5.69 Å². The van der Waals surface area contributed by atoms with Gasteiger partial charge in [0.2, 0.25) is 5.91 Å². The Morgan fingerprint density at radius 1 is 1.06 bits per heavy atom. The summed E-state index contributed by atoms with van der Waals surface area (Å²) in [4.78, 5) is 30.8. The molecule has 2 aromatic carbocycles. The van der Waals surface area contributed by atoms with Crippen molar-refractivity contribution in [2.45, 2.75) is 33.7 Å². The van der Waals surface area contributed by atoms with Crippen molar-refractivity contribution in [1.82, 2.24) is 10.2 Å². The number of benzene rings is 2. The number of piperazine rings is 1. The van der Waals surface area contributed by atoms with Gasteiger partial charge in [-0.15, -0.1) is 0 Å². The van der Waals surface area contributed by atoms with Crippen LogP contribution in [0, 0.1) is 12.8 Å². The van der Waals surface area contributed by atoms with Crippen LogP contribution in [0.4, 0.5) is 11.4 Å². The fourth-order valence-corrected chi connectivity index (χ4v) is 3.95. The van der Waals surface area contributed by atoms with E-state index in [2.05, 4.69) is 39.6 Å². The van der Waals surface area contributed by atoms with Crippen LogP contribution in [0.2, 0.25) is 0 Å². The Balaban J connectivity index is 1.70. The molecule has 1 saturated heterocycles. The molecule has 178 valence electrons. The molecule has 2 aromatic rings. The summed E-state index contributed by atoms with van der Waals surface area (Å²) < 4.78 is 5.57. The third kappa shape index (κ3) is 6.26. The molecule has 0 aromatic heterocycles. The lowest BCUT2D eigenvalue weighted by Gasteiger charge is -2.34. The van der Waals surface area contributed by atoms with E-state index in [4.69, 9.17) is 4.74 Å². The van der Waals surface area contributed by atoms with E-state index in [0.29, 0.717) is 17.9 Å². The van der Waals surface area contributed by atoms with Gasteiger partial charge in [-0.05, 0) is 62.7 Å². The third-order valence-corrected chi connectivity index (χ3v) is 6.00. The first-order valence-corrected chi connectivity index (χ1v) is 11.7. The van der Waals surface area contributed by atoms with Crippen molar-refractivity contribution in [3.05, 3.63) is 53.6 Å². The van der Waals surface area contributed by atoms with Gasteiger partial charge in [0.1, 0.15) is 11.8 Å². The normalized spacial score (nSPS) is 15.3. The monoisotopic (exact) mass is 452 g/mol. The highest BCUT2D eigenvalue weighted by molar-refractivity contribution is 6.02. The maximum atomic E-state index is 13.1. The summed E-state index contributed by atoms with van der Waals surface area (Å²) in [5.74, 6) is -0.133. The standard InChI is InChI=1S/C26H36N4O3/c1-6-33-23-10-8-7-9-21(23)25(31)28-24(18(2)3)26(32)27-22-12-11-20(17-19(22)4)30-15-13-29(5)14-16-30/h7-12,17-18,24H,6,13-16H2,1-5H3,(H,27,32)(H,28,31)/t24-/m1/s1. The Labute approximate surface area is 197 Å². The van der Waals surface area contributed by atoms with Crippen molar-refractivity contribution in [2.75, 3.05) is 50.1 Å². The van der Waals surface area contributed by atoms with Crippen molar-refractivity contribution < 1.29 is 14.3 Å². The lowest BCUT2D eigenvalue weighted by atomic mass is 10.0. The number of amides is 2. The quantitative estimate of drug-likeness (QED) is 0.641. The van der Waals surface area contributed by atoms with Crippen LogP contribution in [0.3, 0.4) is 0 Å². The highest BCUT2D eigenvalue weighted by atomic mass is 16.5. The zero-order valence-electron chi connectivity index (χ0n) is 20.4. The molecular formula is C26H36N4O3. The number of para-hydroxylation sites is 1. The molecule has 2 N–H and O–H groups in total. The fourth-order valence-electron chi connectivity index (χ4n) is 3.95. The highest BCUT2D eigenvalue weighted by Gasteiger charge is 2.26. The Kier molecular flexibility index (Phi) is 8.33. The molecule has 1 atom stereocenters. The molecule has 33 heavy (non-hydrogen) atoms. The van der Waals surface area contributed by atoms with Crippen LogP contribution < -0.4 is 20.3 Å². The first-order valence-electron chi connectivity index (χ1n) is 11.7. The van der Waals surface area contributed by atoms with Crippen LogP contribution in [0.5, 0.6) is 5.75 Å². The number of hydrogen-bond acceptors (Lipinski definition) is 5. The van der Waals surface area contributed by atoms with Crippen molar-refractivity contribution in [3.63, 3.8) is 0 Å². The van der Waals surface area contributed by atoms with Gasteiger partial charge in [0.05, 0.1) is 12.2 Å². The summed E-state index contributed by atoms with van der Waals surface area (Å²) in [6.45, 7) is 12.2. The van der Waals surface area contributed by atoms with Crippen molar-refractivity contribution >= 4 is 23.2 Å². The number of aryl methyl sites for hydroxylation is 1. The predicted octanol–water partition coefficient (Wildman–Crippen LogP) is 3.54. The van der Waals surface area contributed by atoms with Crippen molar-refractivity contribution in [1.29, 1.82) is 0 Å². The van der Waals surface area contributed by atoms with Crippen LogP contribution in [0.25, 0.3) is 0 Å². The number of carbonyl (C=O) groups is 2. The van der Waals surface area contributed by atoms with E-state index < -0.39 is 6.04 Å². The van der Waals surface area contributed by atoms with Crippen LogP contribution >= 0.6 is 0 Å². The lowest BCUT2D eigenvalue weighted by molar-refractivity contribution is -0.118. The molecule has 7 heteroatoms. The van der Waals surface area contributed by atoms with E-state index >= 15 is 0 Å². The fraction of sp³-hybridized carbons (Fsp3) is 0.462. The Morgan fingerprint density at radius 3 is 2.39 bits per heavy atom. The van der Waals surface area contributed by atoms with Gasteiger partial charge in [-0.1, -0.05) is 26.0 Å². The molecule has 2 amide bonds. The van der Waals surface area contributed by atoms with E-state index in [9.17, 15) is 9.59 Å². The molecule has 7 nitrogen and oxygen atoms in total. The summed E-state index contributed by atoms with van der Waals surface area (Å²) in [6, 6.07) is 12.5. The van der Waals surface area contributed by atoms with E-state index in [-0.39, 0.29) is 17.7 Å². The average molecular weight is 453 g/mol. The zero-order valence-corrected chi connectivity index (χ0v) is 20.4. The summed E-state index contributed by atoms with van der Waals surface area (Å²) in [7, 11) is 2.14. The summed E-state index contributed by atoms with van der Waals surface area (Å²) >= 11 is 0. The zero-order chi connectivity index (χ0) is 24.0. The minimum Gasteiger partial charge on any atom is -0.493 e. The molecule has 0 bridgehead atoms. The molecule has 0 saturated carbocycles. The molecule has 1 heterocycles. The summed E-state index contributed by atoms with van der Waals surface area (Å²) in [6.07, 6.45) is 0. The summed E-state index contributed by atoms with van der Waals surface area (Å²) in [5, 5.41) is 5.91. The third-order valence-electron chi connectivity index (χ3n) is 6.00. The molecule has 1 aliphatic rings. The molecule has 1 fully saturated rings. The SMILES string of the molecule is CCOc1ccccc1C(=O)N[C@@H](C(=O)Nc1ccc(N2CCN(C)CC2)cc1C)C(C)C. The van der Waals surface area contributed by atoms with E-state index in [1.54, 1.807) is 18.2 Å².